The zero-order valence-corrected chi connectivity index (χ0v) is 12.8. The molecule has 0 saturated heterocycles. The highest BCUT2D eigenvalue weighted by Crippen LogP contribution is 2.27. The van der Waals surface area contributed by atoms with E-state index >= 15 is 0 Å². The molecular weight excluding hydrogens is 276 g/mol. The van der Waals surface area contributed by atoms with Crippen molar-refractivity contribution in [2.45, 2.75) is 46.6 Å². The minimum atomic E-state index is 0.444. The molecule has 0 saturated carbocycles. The fourth-order valence-electron chi connectivity index (χ4n) is 1.81. The molecule has 0 aromatic carbocycles. The van der Waals surface area contributed by atoms with Gasteiger partial charge in [-0.25, -0.2) is 4.98 Å². The van der Waals surface area contributed by atoms with Gasteiger partial charge in [-0.2, -0.15) is 10.1 Å². The van der Waals surface area contributed by atoms with E-state index in [0.29, 0.717) is 22.6 Å². The van der Waals surface area contributed by atoms with Gasteiger partial charge in [0.05, 0.1) is 12.4 Å². The summed E-state index contributed by atoms with van der Waals surface area (Å²) in [6.07, 6.45) is 6.32. The molecule has 0 aliphatic carbocycles. The van der Waals surface area contributed by atoms with Gasteiger partial charge in [-0.1, -0.05) is 25.4 Å². The molecule has 0 aliphatic heterocycles. The summed E-state index contributed by atoms with van der Waals surface area (Å²) in [7, 11) is 0. The molecule has 20 heavy (non-hydrogen) atoms. The maximum atomic E-state index is 6.12. The van der Waals surface area contributed by atoms with Gasteiger partial charge >= 0.3 is 0 Å². The number of rotatable bonds is 6. The van der Waals surface area contributed by atoms with Crippen molar-refractivity contribution in [3.8, 4) is 11.6 Å². The standard InChI is InChI=1S/C14H19ClN4O/c1-4-6-12-17-13(15)10(3)14(18-12)20-11-8-16-19(9-11)7-5-2/h8-9H,4-7H2,1-3H3. The molecule has 0 fully saturated rings. The van der Waals surface area contributed by atoms with Crippen LogP contribution in [0.4, 0.5) is 0 Å². The fraction of sp³-hybridized carbons (Fsp3) is 0.500. The molecule has 5 nitrogen and oxygen atoms in total. The average Bonchev–Trinajstić information content (AvgIpc) is 2.84. The lowest BCUT2D eigenvalue weighted by molar-refractivity contribution is 0.452. The molecule has 0 radical (unpaired) electrons. The molecule has 0 spiro atoms. The highest BCUT2D eigenvalue weighted by molar-refractivity contribution is 6.30. The molecule has 2 rings (SSSR count). The predicted molar refractivity (Wildman–Crippen MR) is 78.4 cm³/mol. The van der Waals surface area contributed by atoms with Crippen molar-refractivity contribution in [2.24, 2.45) is 0 Å². The Morgan fingerprint density at radius 3 is 2.75 bits per heavy atom. The zero-order chi connectivity index (χ0) is 14.5. The van der Waals surface area contributed by atoms with Crippen LogP contribution < -0.4 is 4.74 Å². The highest BCUT2D eigenvalue weighted by Gasteiger charge is 2.12. The summed E-state index contributed by atoms with van der Waals surface area (Å²) < 4.78 is 7.63. The second kappa shape index (κ2) is 6.70. The van der Waals surface area contributed by atoms with Gasteiger partial charge in [0.25, 0.3) is 0 Å². The van der Waals surface area contributed by atoms with Crippen LogP contribution in [0.1, 0.15) is 38.1 Å². The highest BCUT2D eigenvalue weighted by atomic mass is 35.5. The van der Waals surface area contributed by atoms with Gasteiger partial charge in [0.15, 0.2) is 5.75 Å². The number of aryl methyl sites for hydroxylation is 2. The van der Waals surface area contributed by atoms with Crippen molar-refractivity contribution >= 4 is 11.6 Å². The van der Waals surface area contributed by atoms with E-state index in [-0.39, 0.29) is 0 Å². The van der Waals surface area contributed by atoms with Gasteiger partial charge in [-0.3, -0.25) is 4.68 Å². The molecule has 0 unspecified atom stereocenters. The van der Waals surface area contributed by atoms with E-state index in [9.17, 15) is 0 Å². The SMILES string of the molecule is CCCc1nc(Cl)c(C)c(Oc2cnn(CCC)c2)n1. The first-order chi connectivity index (χ1) is 9.63. The summed E-state index contributed by atoms with van der Waals surface area (Å²) in [4.78, 5) is 8.67. The molecular formula is C14H19ClN4O. The van der Waals surface area contributed by atoms with Crippen molar-refractivity contribution in [3.05, 3.63) is 28.9 Å². The number of hydrogen-bond donors (Lipinski definition) is 0. The Hall–Kier alpha value is -1.62. The Kier molecular flexibility index (Phi) is 4.95. The smallest absolute Gasteiger partial charge is 0.227 e. The Morgan fingerprint density at radius 1 is 1.25 bits per heavy atom. The molecule has 6 heteroatoms. The van der Waals surface area contributed by atoms with Gasteiger partial charge in [0.2, 0.25) is 5.88 Å². The number of ether oxygens (including phenoxy) is 1. The van der Waals surface area contributed by atoms with Gasteiger partial charge in [0.1, 0.15) is 11.0 Å². The van der Waals surface area contributed by atoms with Gasteiger partial charge in [-0.05, 0) is 19.8 Å². The van der Waals surface area contributed by atoms with Crippen LogP contribution in [0.15, 0.2) is 12.4 Å². The summed E-state index contributed by atoms with van der Waals surface area (Å²) in [6.45, 7) is 6.90. The van der Waals surface area contributed by atoms with Crippen LogP contribution in [0.2, 0.25) is 5.15 Å². The molecule has 0 amide bonds. The van der Waals surface area contributed by atoms with Crippen molar-refractivity contribution in [1.29, 1.82) is 0 Å². The molecule has 0 aliphatic rings. The lowest BCUT2D eigenvalue weighted by Crippen LogP contribution is -2.01. The monoisotopic (exact) mass is 294 g/mol. The Labute approximate surface area is 124 Å². The first-order valence-corrected chi connectivity index (χ1v) is 7.25. The lowest BCUT2D eigenvalue weighted by atomic mass is 10.3. The molecule has 0 N–H and O–H groups in total. The quantitative estimate of drug-likeness (QED) is 0.761. The van der Waals surface area contributed by atoms with E-state index in [1.54, 1.807) is 6.20 Å². The molecule has 2 aromatic heterocycles. The van der Waals surface area contributed by atoms with Gasteiger partial charge in [0, 0.05) is 18.5 Å². The van der Waals surface area contributed by atoms with Crippen LogP contribution in [0.25, 0.3) is 0 Å². The van der Waals surface area contributed by atoms with E-state index in [1.807, 2.05) is 17.8 Å². The van der Waals surface area contributed by atoms with Crippen molar-refractivity contribution in [1.82, 2.24) is 19.7 Å². The van der Waals surface area contributed by atoms with Crippen molar-refractivity contribution in [2.75, 3.05) is 0 Å². The second-order valence-corrected chi connectivity index (χ2v) is 5.01. The summed E-state index contributed by atoms with van der Waals surface area (Å²) in [5.74, 6) is 1.88. The maximum Gasteiger partial charge on any atom is 0.227 e. The summed E-state index contributed by atoms with van der Waals surface area (Å²) in [5.41, 5.74) is 0.745. The van der Waals surface area contributed by atoms with Crippen LogP contribution in [0, 0.1) is 6.92 Å². The third-order valence-corrected chi connectivity index (χ3v) is 3.21. The number of halogens is 1. The van der Waals surface area contributed by atoms with Crippen LogP contribution in [0.3, 0.4) is 0 Å². The first kappa shape index (κ1) is 14.8. The number of hydrogen-bond acceptors (Lipinski definition) is 4. The second-order valence-electron chi connectivity index (χ2n) is 4.65. The predicted octanol–water partition coefficient (Wildman–Crippen LogP) is 3.79. The van der Waals surface area contributed by atoms with Gasteiger partial charge in [-0.15, -0.1) is 0 Å². The Balaban J connectivity index is 2.22. The van der Waals surface area contributed by atoms with E-state index in [1.165, 1.54) is 0 Å². The number of nitrogens with zero attached hydrogens (tertiary/aromatic N) is 4. The molecule has 108 valence electrons. The molecule has 0 atom stereocenters. The van der Waals surface area contributed by atoms with Crippen molar-refractivity contribution in [3.63, 3.8) is 0 Å². The first-order valence-electron chi connectivity index (χ1n) is 6.87. The third-order valence-electron chi connectivity index (χ3n) is 2.84. The Bertz CT molecular complexity index is 583. The summed E-state index contributed by atoms with van der Waals surface area (Å²) >= 11 is 6.12. The van der Waals surface area contributed by atoms with Crippen molar-refractivity contribution < 1.29 is 4.74 Å². The molecule has 2 heterocycles. The van der Waals surface area contributed by atoms with E-state index in [2.05, 4.69) is 28.9 Å². The van der Waals surface area contributed by atoms with E-state index < -0.39 is 0 Å². The topological polar surface area (TPSA) is 52.8 Å². The summed E-state index contributed by atoms with van der Waals surface area (Å²) in [6, 6.07) is 0. The third kappa shape index (κ3) is 3.48. The lowest BCUT2D eigenvalue weighted by Gasteiger charge is -2.08. The van der Waals surface area contributed by atoms with E-state index in [0.717, 1.165) is 31.4 Å². The van der Waals surface area contributed by atoms with Gasteiger partial charge < -0.3 is 4.74 Å². The van der Waals surface area contributed by atoms with Crippen LogP contribution in [-0.4, -0.2) is 19.7 Å². The fourth-order valence-corrected chi connectivity index (χ4v) is 1.98. The minimum Gasteiger partial charge on any atom is -0.435 e. The summed E-state index contributed by atoms with van der Waals surface area (Å²) in [5, 5.41) is 4.67. The zero-order valence-electron chi connectivity index (χ0n) is 12.1. The van der Waals surface area contributed by atoms with Crippen LogP contribution in [-0.2, 0) is 13.0 Å². The largest absolute Gasteiger partial charge is 0.435 e. The van der Waals surface area contributed by atoms with Crippen LogP contribution >= 0.6 is 11.6 Å². The van der Waals surface area contributed by atoms with E-state index in [4.69, 9.17) is 16.3 Å². The molecule has 0 bridgehead atoms. The van der Waals surface area contributed by atoms with Crippen LogP contribution in [0.5, 0.6) is 11.6 Å². The number of aromatic nitrogens is 4. The average molecular weight is 295 g/mol. The molecule has 2 aromatic rings. The minimum absolute atomic E-state index is 0.444. The Morgan fingerprint density at radius 2 is 2.05 bits per heavy atom. The normalized spacial score (nSPS) is 10.8. The maximum absolute atomic E-state index is 6.12.